The number of hydrogen-bond donors (Lipinski definition) is 2. The summed E-state index contributed by atoms with van der Waals surface area (Å²) in [4.78, 5) is 4.87. The molecule has 2 heterocycles. The minimum atomic E-state index is 0.572. The Bertz CT molecular complexity index is 1060. The molecule has 0 amide bonds. The first-order valence-corrected chi connectivity index (χ1v) is 11.2. The van der Waals surface area contributed by atoms with Gasteiger partial charge in [0.1, 0.15) is 12.4 Å². The Labute approximate surface area is 177 Å². The van der Waals surface area contributed by atoms with Gasteiger partial charge in [0, 0.05) is 15.4 Å². The summed E-state index contributed by atoms with van der Waals surface area (Å²) < 4.78 is 7.19. The first-order chi connectivity index (χ1) is 13.8. The summed E-state index contributed by atoms with van der Waals surface area (Å²) in [6.07, 6.45) is 3.11. The zero-order valence-electron chi connectivity index (χ0n) is 15.6. The molecule has 0 aliphatic heterocycles. The van der Waals surface area contributed by atoms with Crippen LogP contribution in [0.25, 0.3) is 21.5 Å². The number of benzene rings is 2. The third-order valence-corrected chi connectivity index (χ3v) is 6.71. The Hall–Kier alpha value is -2.08. The SMILES string of the molecule is NCCCCc1c(-c2sccc2Br)[nH]c2ccc(OCc3ccccc3)cc12. The van der Waals surface area contributed by atoms with Crippen LogP contribution in [-0.4, -0.2) is 11.5 Å². The van der Waals surface area contributed by atoms with Crippen LogP contribution in [0.5, 0.6) is 5.75 Å². The van der Waals surface area contributed by atoms with Gasteiger partial charge in [0.25, 0.3) is 0 Å². The molecule has 0 unspecified atom stereocenters. The number of fused-ring (bicyclic) bond motifs is 1. The minimum Gasteiger partial charge on any atom is -0.489 e. The van der Waals surface area contributed by atoms with Gasteiger partial charge in [-0.3, -0.25) is 0 Å². The molecule has 0 radical (unpaired) electrons. The fraction of sp³-hybridized carbons (Fsp3) is 0.217. The molecule has 0 bridgehead atoms. The van der Waals surface area contributed by atoms with Gasteiger partial charge in [-0.25, -0.2) is 0 Å². The quantitative estimate of drug-likeness (QED) is 0.297. The summed E-state index contributed by atoms with van der Waals surface area (Å²) in [5, 5.41) is 3.35. The number of nitrogens with two attached hydrogens (primary N) is 1. The van der Waals surface area contributed by atoms with Crippen LogP contribution in [0.2, 0.25) is 0 Å². The van der Waals surface area contributed by atoms with Gasteiger partial charge in [0.05, 0.1) is 10.6 Å². The maximum Gasteiger partial charge on any atom is 0.120 e. The number of rotatable bonds is 8. The highest BCUT2D eigenvalue weighted by Gasteiger charge is 2.16. The molecule has 2 aromatic heterocycles. The van der Waals surface area contributed by atoms with E-state index in [-0.39, 0.29) is 0 Å². The van der Waals surface area contributed by atoms with Gasteiger partial charge in [-0.1, -0.05) is 30.3 Å². The number of nitrogens with one attached hydrogen (secondary N) is 1. The summed E-state index contributed by atoms with van der Waals surface area (Å²) in [7, 11) is 0. The fourth-order valence-electron chi connectivity index (χ4n) is 3.43. The van der Waals surface area contributed by atoms with Gasteiger partial charge in [0.2, 0.25) is 0 Å². The number of H-pyrrole nitrogens is 1. The fourth-order valence-corrected chi connectivity index (χ4v) is 5.03. The second-order valence-electron chi connectivity index (χ2n) is 6.80. The van der Waals surface area contributed by atoms with E-state index in [1.807, 2.05) is 24.3 Å². The van der Waals surface area contributed by atoms with Gasteiger partial charge in [-0.05, 0) is 82.5 Å². The Morgan fingerprint density at radius 1 is 1.04 bits per heavy atom. The maximum absolute atomic E-state index is 6.06. The highest BCUT2D eigenvalue weighted by Crippen LogP contribution is 2.39. The number of aromatic amines is 1. The van der Waals surface area contributed by atoms with Crippen molar-refractivity contribution in [2.24, 2.45) is 5.73 Å². The Kier molecular flexibility index (Phi) is 6.15. The highest BCUT2D eigenvalue weighted by atomic mass is 79.9. The van der Waals surface area contributed by atoms with Crippen LogP contribution in [-0.2, 0) is 13.0 Å². The monoisotopic (exact) mass is 454 g/mol. The Morgan fingerprint density at radius 3 is 2.64 bits per heavy atom. The summed E-state index contributed by atoms with van der Waals surface area (Å²) >= 11 is 5.44. The molecule has 4 rings (SSSR count). The topological polar surface area (TPSA) is 51.0 Å². The molecular formula is C23H23BrN2OS. The van der Waals surface area contributed by atoms with Crippen molar-refractivity contribution in [2.75, 3.05) is 6.54 Å². The van der Waals surface area contributed by atoms with Crippen LogP contribution < -0.4 is 10.5 Å². The standard InChI is InChI=1S/C23H23BrN2OS/c24-20-11-13-28-23(20)22-18(8-4-5-12-25)19-14-17(9-10-21(19)26-22)27-15-16-6-2-1-3-7-16/h1-3,6-7,9-11,13-14,26H,4-5,8,12,15,25H2. The molecule has 4 aromatic rings. The molecule has 0 saturated heterocycles. The molecule has 0 atom stereocenters. The van der Waals surface area contributed by atoms with Crippen molar-refractivity contribution in [3.8, 4) is 16.3 Å². The predicted octanol–water partition coefficient (Wildman–Crippen LogP) is 6.52. The lowest BCUT2D eigenvalue weighted by Gasteiger charge is -2.08. The molecule has 0 aliphatic rings. The molecule has 144 valence electrons. The number of hydrogen-bond acceptors (Lipinski definition) is 3. The molecule has 0 fully saturated rings. The van der Waals surface area contributed by atoms with Crippen LogP contribution in [0.1, 0.15) is 24.0 Å². The predicted molar refractivity (Wildman–Crippen MR) is 122 cm³/mol. The number of halogens is 1. The van der Waals surface area contributed by atoms with E-state index in [4.69, 9.17) is 10.5 Å². The van der Waals surface area contributed by atoms with Crippen LogP contribution in [0, 0.1) is 0 Å². The number of thiophene rings is 1. The van der Waals surface area contributed by atoms with E-state index in [1.165, 1.54) is 27.1 Å². The van der Waals surface area contributed by atoms with Crippen molar-refractivity contribution in [3.63, 3.8) is 0 Å². The normalized spacial score (nSPS) is 11.2. The molecule has 28 heavy (non-hydrogen) atoms. The second kappa shape index (κ2) is 8.95. The molecule has 2 aromatic carbocycles. The largest absolute Gasteiger partial charge is 0.489 e. The van der Waals surface area contributed by atoms with Crippen molar-refractivity contribution < 1.29 is 4.74 Å². The first-order valence-electron chi connectivity index (χ1n) is 9.51. The van der Waals surface area contributed by atoms with E-state index in [9.17, 15) is 0 Å². The highest BCUT2D eigenvalue weighted by molar-refractivity contribution is 9.10. The molecule has 3 nitrogen and oxygen atoms in total. The summed E-state index contributed by atoms with van der Waals surface area (Å²) in [6, 6.07) is 18.7. The van der Waals surface area contributed by atoms with E-state index >= 15 is 0 Å². The second-order valence-corrected chi connectivity index (χ2v) is 8.57. The number of unbranched alkanes of at least 4 members (excludes halogenated alkanes) is 1. The first kappa shape index (κ1) is 19.2. The smallest absolute Gasteiger partial charge is 0.120 e. The molecule has 0 spiro atoms. The zero-order valence-corrected chi connectivity index (χ0v) is 18.0. The number of ether oxygens (including phenoxy) is 1. The van der Waals surface area contributed by atoms with E-state index < -0.39 is 0 Å². The third-order valence-electron chi connectivity index (χ3n) is 4.85. The number of aryl methyl sites for hydroxylation is 1. The van der Waals surface area contributed by atoms with E-state index in [2.05, 4.69) is 56.6 Å². The van der Waals surface area contributed by atoms with Gasteiger partial charge in [-0.15, -0.1) is 11.3 Å². The average Bonchev–Trinajstić information content (AvgIpc) is 3.30. The lowest BCUT2D eigenvalue weighted by Crippen LogP contribution is -1.99. The third kappa shape index (κ3) is 4.17. The summed E-state index contributed by atoms with van der Waals surface area (Å²) in [5.74, 6) is 0.896. The Morgan fingerprint density at radius 2 is 1.89 bits per heavy atom. The van der Waals surface area contributed by atoms with Crippen LogP contribution in [0.4, 0.5) is 0 Å². The van der Waals surface area contributed by atoms with E-state index in [1.54, 1.807) is 11.3 Å². The van der Waals surface area contributed by atoms with Crippen LogP contribution in [0.15, 0.2) is 64.5 Å². The molecule has 5 heteroatoms. The lowest BCUT2D eigenvalue weighted by atomic mass is 10.0. The van der Waals surface area contributed by atoms with Crippen molar-refractivity contribution in [1.29, 1.82) is 0 Å². The van der Waals surface area contributed by atoms with E-state index in [0.29, 0.717) is 6.61 Å². The zero-order chi connectivity index (χ0) is 19.3. The molecule has 3 N–H and O–H groups in total. The van der Waals surface area contributed by atoms with Crippen molar-refractivity contribution in [3.05, 3.63) is 75.6 Å². The van der Waals surface area contributed by atoms with E-state index in [0.717, 1.165) is 41.5 Å². The molecule has 0 saturated carbocycles. The lowest BCUT2D eigenvalue weighted by molar-refractivity contribution is 0.306. The van der Waals surface area contributed by atoms with Crippen LogP contribution in [0.3, 0.4) is 0 Å². The van der Waals surface area contributed by atoms with Gasteiger partial charge >= 0.3 is 0 Å². The average molecular weight is 455 g/mol. The molecule has 0 aliphatic carbocycles. The maximum atomic E-state index is 6.06. The van der Waals surface area contributed by atoms with Crippen LogP contribution >= 0.6 is 27.3 Å². The molecular weight excluding hydrogens is 432 g/mol. The van der Waals surface area contributed by atoms with Crippen molar-refractivity contribution in [2.45, 2.75) is 25.9 Å². The van der Waals surface area contributed by atoms with Gasteiger partial charge in [0.15, 0.2) is 0 Å². The summed E-state index contributed by atoms with van der Waals surface area (Å²) in [5.41, 5.74) is 10.6. The minimum absolute atomic E-state index is 0.572. The number of aromatic nitrogens is 1. The van der Waals surface area contributed by atoms with Crippen molar-refractivity contribution >= 4 is 38.2 Å². The summed E-state index contributed by atoms with van der Waals surface area (Å²) in [6.45, 7) is 1.30. The van der Waals surface area contributed by atoms with Crippen molar-refractivity contribution in [1.82, 2.24) is 4.98 Å². The van der Waals surface area contributed by atoms with Gasteiger partial charge in [-0.2, -0.15) is 0 Å². The Balaban J connectivity index is 1.68. The van der Waals surface area contributed by atoms with Gasteiger partial charge < -0.3 is 15.5 Å².